The lowest BCUT2D eigenvalue weighted by Gasteiger charge is -2.36. The van der Waals surface area contributed by atoms with Crippen LogP contribution in [0.3, 0.4) is 0 Å². The van der Waals surface area contributed by atoms with Crippen molar-refractivity contribution in [2.75, 3.05) is 31.1 Å². The third-order valence-corrected chi connectivity index (χ3v) is 6.60. The highest BCUT2D eigenvalue weighted by Crippen LogP contribution is 2.32. The van der Waals surface area contributed by atoms with E-state index in [-0.39, 0.29) is 5.91 Å². The largest absolute Gasteiger partial charge is 0.416 e. The molecule has 1 amide bonds. The Morgan fingerprint density at radius 1 is 0.844 bits per heavy atom. The summed E-state index contributed by atoms with van der Waals surface area (Å²) >= 11 is 1.63. The van der Waals surface area contributed by atoms with E-state index in [1.165, 1.54) is 17.7 Å². The fraction of sp³-hybridized carbons (Fsp3) is 0.240. The molecule has 1 heterocycles. The number of amides is 1. The molecule has 0 unspecified atom stereocenters. The zero-order chi connectivity index (χ0) is 22.6. The molecular weight excluding hydrogens is 433 g/mol. The second-order valence-corrected chi connectivity index (χ2v) is 8.61. The van der Waals surface area contributed by atoms with Gasteiger partial charge in [0.05, 0.1) is 11.1 Å². The minimum Gasteiger partial charge on any atom is -0.368 e. The maximum absolute atomic E-state index is 13.2. The molecule has 166 valence electrons. The smallest absolute Gasteiger partial charge is 0.368 e. The molecule has 1 aliphatic rings. The van der Waals surface area contributed by atoms with Gasteiger partial charge in [0.1, 0.15) is 0 Å². The molecule has 0 spiro atoms. The molecule has 3 nitrogen and oxygen atoms in total. The molecule has 3 aromatic carbocycles. The highest BCUT2D eigenvalue weighted by molar-refractivity contribution is 7.98. The monoisotopic (exact) mass is 456 g/mol. The minimum atomic E-state index is -4.37. The van der Waals surface area contributed by atoms with Crippen LogP contribution in [0.4, 0.5) is 18.9 Å². The van der Waals surface area contributed by atoms with Gasteiger partial charge in [0, 0.05) is 42.5 Å². The second-order valence-electron chi connectivity index (χ2n) is 7.60. The summed E-state index contributed by atoms with van der Waals surface area (Å²) in [5.41, 5.74) is 1.74. The molecular formula is C25H23F3N2OS. The van der Waals surface area contributed by atoms with Gasteiger partial charge in [0.15, 0.2) is 0 Å². The molecule has 0 aliphatic carbocycles. The maximum Gasteiger partial charge on any atom is 0.416 e. The molecule has 0 aromatic heterocycles. The number of piperazine rings is 1. The molecule has 1 saturated heterocycles. The lowest BCUT2D eigenvalue weighted by molar-refractivity contribution is -0.137. The predicted molar refractivity (Wildman–Crippen MR) is 122 cm³/mol. The Balaban J connectivity index is 1.41. The zero-order valence-corrected chi connectivity index (χ0v) is 18.2. The van der Waals surface area contributed by atoms with E-state index in [9.17, 15) is 18.0 Å². The normalized spacial score (nSPS) is 14.5. The molecule has 1 fully saturated rings. The number of hydrogen-bond acceptors (Lipinski definition) is 3. The average molecular weight is 457 g/mol. The summed E-state index contributed by atoms with van der Waals surface area (Å²) in [6, 6.07) is 23.0. The third-order valence-electron chi connectivity index (χ3n) is 5.46. The van der Waals surface area contributed by atoms with Crippen LogP contribution in [0.5, 0.6) is 0 Å². The number of nitrogens with zero attached hydrogens (tertiary/aromatic N) is 2. The summed E-state index contributed by atoms with van der Waals surface area (Å²) in [5.74, 6) is 0.735. The summed E-state index contributed by atoms with van der Waals surface area (Å²) in [7, 11) is 0. The Kier molecular flexibility index (Phi) is 6.74. The fourth-order valence-corrected chi connectivity index (χ4v) is 4.72. The van der Waals surface area contributed by atoms with Crippen molar-refractivity contribution < 1.29 is 18.0 Å². The van der Waals surface area contributed by atoms with Crippen LogP contribution in [-0.2, 0) is 11.9 Å². The second kappa shape index (κ2) is 9.69. The van der Waals surface area contributed by atoms with Crippen LogP contribution in [0.15, 0.2) is 83.8 Å². The third kappa shape index (κ3) is 5.27. The summed E-state index contributed by atoms with van der Waals surface area (Å²) < 4.78 is 39.1. The van der Waals surface area contributed by atoms with Crippen molar-refractivity contribution >= 4 is 23.4 Å². The van der Waals surface area contributed by atoms with Gasteiger partial charge < -0.3 is 9.80 Å². The molecule has 0 bridgehead atoms. The van der Waals surface area contributed by atoms with Crippen molar-refractivity contribution in [3.8, 4) is 0 Å². The van der Waals surface area contributed by atoms with Gasteiger partial charge in [-0.25, -0.2) is 0 Å². The average Bonchev–Trinajstić information content (AvgIpc) is 2.83. The first kappa shape index (κ1) is 22.3. The van der Waals surface area contributed by atoms with Gasteiger partial charge >= 0.3 is 6.18 Å². The van der Waals surface area contributed by atoms with Crippen molar-refractivity contribution in [3.63, 3.8) is 0 Å². The molecule has 0 radical (unpaired) electrons. The summed E-state index contributed by atoms with van der Waals surface area (Å²) in [5, 5.41) is 0. The Bertz CT molecular complexity index is 1060. The first-order valence-corrected chi connectivity index (χ1v) is 11.4. The number of anilines is 1. The number of carbonyl (C=O) groups is 1. The van der Waals surface area contributed by atoms with Gasteiger partial charge in [-0.3, -0.25) is 4.79 Å². The van der Waals surface area contributed by atoms with E-state index in [1.807, 2.05) is 47.4 Å². The van der Waals surface area contributed by atoms with Crippen molar-refractivity contribution in [1.29, 1.82) is 0 Å². The highest BCUT2D eigenvalue weighted by atomic mass is 32.2. The molecule has 0 atom stereocenters. The Morgan fingerprint density at radius 3 is 2.25 bits per heavy atom. The molecule has 32 heavy (non-hydrogen) atoms. The van der Waals surface area contributed by atoms with E-state index >= 15 is 0 Å². The molecule has 7 heteroatoms. The Hall–Kier alpha value is -2.93. The first-order chi connectivity index (χ1) is 15.4. The van der Waals surface area contributed by atoms with Crippen LogP contribution in [0, 0.1) is 0 Å². The van der Waals surface area contributed by atoms with E-state index in [2.05, 4.69) is 12.1 Å². The quantitative estimate of drug-likeness (QED) is 0.443. The lowest BCUT2D eigenvalue weighted by atomic mass is 10.1. The van der Waals surface area contributed by atoms with Crippen LogP contribution in [0.25, 0.3) is 0 Å². The van der Waals surface area contributed by atoms with Crippen LogP contribution in [0.1, 0.15) is 21.5 Å². The van der Waals surface area contributed by atoms with E-state index in [0.29, 0.717) is 37.4 Å². The van der Waals surface area contributed by atoms with Gasteiger partial charge in [-0.15, -0.1) is 11.8 Å². The lowest BCUT2D eigenvalue weighted by Crippen LogP contribution is -2.49. The summed E-state index contributed by atoms with van der Waals surface area (Å²) in [4.78, 5) is 17.8. The molecule has 3 aromatic rings. The standard InChI is InChI=1S/C25H23F3N2OS/c26-25(27,28)20-9-6-10-21(17-20)29-13-15-30(16-14-29)24(31)22-11-4-5-12-23(22)32-18-19-7-2-1-3-8-19/h1-12,17H,13-16,18H2. The van der Waals surface area contributed by atoms with Gasteiger partial charge in [0.25, 0.3) is 5.91 Å². The van der Waals surface area contributed by atoms with Crippen molar-refractivity contribution in [1.82, 2.24) is 4.90 Å². The summed E-state index contributed by atoms with van der Waals surface area (Å²) in [6.07, 6.45) is -4.37. The maximum atomic E-state index is 13.2. The van der Waals surface area contributed by atoms with Crippen LogP contribution in [-0.4, -0.2) is 37.0 Å². The van der Waals surface area contributed by atoms with Crippen molar-refractivity contribution in [2.24, 2.45) is 0 Å². The van der Waals surface area contributed by atoms with Gasteiger partial charge in [-0.1, -0.05) is 48.5 Å². The number of rotatable bonds is 5. The van der Waals surface area contributed by atoms with Crippen molar-refractivity contribution in [2.45, 2.75) is 16.8 Å². The molecule has 0 saturated carbocycles. The van der Waals surface area contributed by atoms with Gasteiger partial charge in [0.2, 0.25) is 0 Å². The van der Waals surface area contributed by atoms with Crippen LogP contribution < -0.4 is 4.90 Å². The first-order valence-electron chi connectivity index (χ1n) is 10.4. The SMILES string of the molecule is O=C(c1ccccc1SCc1ccccc1)N1CCN(c2cccc(C(F)(F)F)c2)CC1. The zero-order valence-electron chi connectivity index (χ0n) is 17.4. The topological polar surface area (TPSA) is 23.6 Å². The molecule has 0 N–H and O–H groups in total. The number of alkyl halides is 3. The number of halogens is 3. The van der Waals surface area contributed by atoms with Gasteiger partial charge in [-0.05, 0) is 35.9 Å². The van der Waals surface area contributed by atoms with E-state index in [0.717, 1.165) is 16.7 Å². The molecule has 4 rings (SSSR count). The van der Waals surface area contributed by atoms with Gasteiger partial charge in [-0.2, -0.15) is 13.2 Å². The Labute approximate surface area is 189 Å². The number of thioether (sulfide) groups is 1. The highest BCUT2D eigenvalue weighted by Gasteiger charge is 2.31. The van der Waals surface area contributed by atoms with E-state index in [1.54, 1.807) is 22.7 Å². The van der Waals surface area contributed by atoms with E-state index < -0.39 is 11.7 Å². The molecule has 1 aliphatic heterocycles. The summed E-state index contributed by atoms with van der Waals surface area (Å²) in [6.45, 7) is 1.91. The van der Waals surface area contributed by atoms with Crippen LogP contribution >= 0.6 is 11.8 Å². The van der Waals surface area contributed by atoms with Crippen molar-refractivity contribution in [3.05, 3.63) is 95.6 Å². The van der Waals surface area contributed by atoms with E-state index in [4.69, 9.17) is 0 Å². The Morgan fingerprint density at radius 2 is 1.53 bits per heavy atom. The number of carbonyl (C=O) groups excluding carboxylic acids is 1. The predicted octanol–water partition coefficient (Wildman–Crippen LogP) is 5.96. The number of hydrogen-bond donors (Lipinski definition) is 0. The van der Waals surface area contributed by atoms with Crippen LogP contribution in [0.2, 0.25) is 0 Å². The minimum absolute atomic E-state index is 0.0372. The number of benzene rings is 3. The fourth-order valence-electron chi connectivity index (χ4n) is 3.72.